The lowest BCUT2D eigenvalue weighted by molar-refractivity contribution is 0.352. The van der Waals surface area contributed by atoms with Gasteiger partial charge in [0.05, 0.1) is 0 Å². The van der Waals surface area contributed by atoms with E-state index in [1.807, 2.05) is 0 Å². The highest BCUT2D eigenvalue weighted by Crippen LogP contribution is 2.47. The molecule has 0 radical (unpaired) electrons. The summed E-state index contributed by atoms with van der Waals surface area (Å²) in [6, 6.07) is 11.6. The van der Waals surface area contributed by atoms with E-state index in [4.69, 9.17) is 0 Å². The minimum absolute atomic E-state index is 0.383. The maximum atomic E-state index is 3.79. The van der Waals surface area contributed by atoms with Crippen LogP contribution >= 0.6 is 0 Å². The lowest BCUT2D eigenvalue weighted by Gasteiger charge is -2.23. The highest BCUT2D eigenvalue weighted by molar-refractivity contribution is 5.34. The summed E-state index contributed by atoms with van der Waals surface area (Å²) in [5.41, 5.74) is 1.88. The summed E-state index contributed by atoms with van der Waals surface area (Å²) in [5, 5.41) is 7.22. The molecule has 0 amide bonds. The van der Waals surface area contributed by atoms with Crippen molar-refractivity contribution in [2.75, 3.05) is 19.6 Å². The Labute approximate surface area is 110 Å². The fourth-order valence-electron chi connectivity index (χ4n) is 3.20. The Morgan fingerprint density at radius 3 is 2.67 bits per heavy atom. The Kier molecular flexibility index (Phi) is 3.40. The minimum atomic E-state index is 0.383. The van der Waals surface area contributed by atoms with Crippen LogP contribution in [0.15, 0.2) is 30.3 Å². The Bertz CT molecular complexity index is 383. The fraction of sp³-hybridized carbons (Fsp3) is 0.625. The molecule has 1 aromatic rings. The van der Waals surface area contributed by atoms with Crippen LogP contribution in [0.4, 0.5) is 0 Å². The van der Waals surface area contributed by atoms with Crippen molar-refractivity contribution in [2.45, 2.75) is 37.6 Å². The maximum Gasteiger partial charge on any atom is 0.0171 e. The normalized spacial score (nSPS) is 32.4. The summed E-state index contributed by atoms with van der Waals surface area (Å²) in [7, 11) is 0. The number of nitrogens with one attached hydrogen (secondary N) is 2. The van der Waals surface area contributed by atoms with E-state index in [1.54, 1.807) is 0 Å². The van der Waals surface area contributed by atoms with E-state index in [0.717, 1.165) is 5.92 Å². The quantitative estimate of drug-likeness (QED) is 0.849. The first-order valence-electron chi connectivity index (χ1n) is 7.29. The van der Waals surface area contributed by atoms with Gasteiger partial charge in [0.25, 0.3) is 0 Å². The topological polar surface area (TPSA) is 24.1 Å². The highest BCUT2D eigenvalue weighted by atomic mass is 15.0. The zero-order chi connectivity index (χ0) is 12.4. The van der Waals surface area contributed by atoms with Gasteiger partial charge in [0.15, 0.2) is 0 Å². The molecule has 1 aromatic carbocycles. The predicted octanol–water partition coefficient (Wildman–Crippen LogP) is 2.31. The molecule has 2 N–H and O–H groups in total. The second-order valence-electron chi connectivity index (χ2n) is 6.14. The summed E-state index contributed by atoms with van der Waals surface area (Å²) in [6.45, 7) is 6.00. The lowest BCUT2D eigenvalue weighted by atomic mass is 9.96. The first kappa shape index (κ1) is 12.2. The van der Waals surface area contributed by atoms with Gasteiger partial charge in [0, 0.05) is 11.5 Å². The molecule has 1 heterocycles. The monoisotopic (exact) mass is 244 g/mol. The molecular formula is C16H24N2. The summed E-state index contributed by atoms with van der Waals surface area (Å²) in [4.78, 5) is 0. The average molecular weight is 244 g/mol. The van der Waals surface area contributed by atoms with Crippen LogP contribution in [0.2, 0.25) is 0 Å². The van der Waals surface area contributed by atoms with E-state index in [2.05, 4.69) is 47.9 Å². The third-order valence-corrected chi connectivity index (χ3v) is 4.78. The van der Waals surface area contributed by atoms with Crippen molar-refractivity contribution in [1.82, 2.24) is 10.6 Å². The molecular weight excluding hydrogens is 220 g/mol. The van der Waals surface area contributed by atoms with Gasteiger partial charge in [-0.05, 0) is 50.4 Å². The summed E-state index contributed by atoms with van der Waals surface area (Å²) in [6.07, 6.45) is 3.96. The van der Waals surface area contributed by atoms with Gasteiger partial charge >= 0.3 is 0 Å². The number of benzene rings is 1. The van der Waals surface area contributed by atoms with Crippen LogP contribution in [0.25, 0.3) is 0 Å². The van der Waals surface area contributed by atoms with E-state index in [-0.39, 0.29) is 0 Å². The van der Waals surface area contributed by atoms with Gasteiger partial charge in [0.1, 0.15) is 0 Å². The smallest absolute Gasteiger partial charge is 0.0171 e. The van der Waals surface area contributed by atoms with Gasteiger partial charge < -0.3 is 10.6 Å². The second kappa shape index (κ2) is 5.02. The molecule has 2 aliphatic rings. The second-order valence-corrected chi connectivity index (χ2v) is 6.14. The summed E-state index contributed by atoms with van der Waals surface area (Å²) < 4.78 is 0. The average Bonchev–Trinajstić information content (AvgIpc) is 3.11. The first-order valence-corrected chi connectivity index (χ1v) is 7.29. The fourth-order valence-corrected chi connectivity index (χ4v) is 3.20. The first-order chi connectivity index (χ1) is 8.79. The van der Waals surface area contributed by atoms with Crippen LogP contribution < -0.4 is 10.6 Å². The maximum absolute atomic E-state index is 3.79. The third-order valence-electron chi connectivity index (χ3n) is 4.78. The number of rotatable bonds is 4. The number of piperidine rings is 1. The van der Waals surface area contributed by atoms with Crippen molar-refractivity contribution in [3.63, 3.8) is 0 Å². The molecule has 1 saturated carbocycles. The Morgan fingerprint density at radius 1 is 1.22 bits per heavy atom. The zero-order valence-electron chi connectivity index (χ0n) is 11.3. The standard InChI is InChI=1S/C16H24N2/c1-16(14-5-3-2-4-6-14)11-15(16)18-12-13-7-9-17-10-8-13/h2-6,13,15,17-18H,7-12H2,1H3/t15-,16+/m1/s1. The molecule has 2 fully saturated rings. The molecule has 1 saturated heterocycles. The van der Waals surface area contributed by atoms with E-state index in [9.17, 15) is 0 Å². The van der Waals surface area contributed by atoms with E-state index in [0.29, 0.717) is 11.5 Å². The van der Waals surface area contributed by atoms with Gasteiger partial charge in [-0.3, -0.25) is 0 Å². The Hall–Kier alpha value is -0.860. The predicted molar refractivity (Wildman–Crippen MR) is 75.8 cm³/mol. The molecule has 0 aromatic heterocycles. The SMILES string of the molecule is C[C@@]1(c2ccccc2)C[C@H]1NCC1CCNCC1. The Morgan fingerprint density at radius 2 is 1.94 bits per heavy atom. The van der Waals surface area contributed by atoms with E-state index >= 15 is 0 Å². The van der Waals surface area contributed by atoms with Gasteiger partial charge in [0.2, 0.25) is 0 Å². The van der Waals surface area contributed by atoms with E-state index < -0.39 is 0 Å². The van der Waals surface area contributed by atoms with Gasteiger partial charge in [-0.25, -0.2) is 0 Å². The van der Waals surface area contributed by atoms with Gasteiger partial charge in [-0.2, -0.15) is 0 Å². The van der Waals surface area contributed by atoms with Crippen molar-refractivity contribution < 1.29 is 0 Å². The Balaban J connectivity index is 1.51. The molecule has 98 valence electrons. The molecule has 0 spiro atoms. The molecule has 2 atom stereocenters. The summed E-state index contributed by atoms with van der Waals surface area (Å²) >= 11 is 0. The number of hydrogen-bond donors (Lipinski definition) is 2. The molecule has 0 unspecified atom stereocenters. The van der Waals surface area contributed by atoms with Crippen LogP contribution in [0, 0.1) is 5.92 Å². The lowest BCUT2D eigenvalue weighted by Crippen LogP contribution is -2.35. The zero-order valence-corrected chi connectivity index (χ0v) is 11.3. The van der Waals surface area contributed by atoms with Crippen molar-refractivity contribution in [3.8, 4) is 0 Å². The molecule has 1 aliphatic carbocycles. The summed E-state index contributed by atoms with van der Waals surface area (Å²) in [5.74, 6) is 0.881. The number of hydrogen-bond acceptors (Lipinski definition) is 2. The van der Waals surface area contributed by atoms with Crippen molar-refractivity contribution >= 4 is 0 Å². The third kappa shape index (κ3) is 2.45. The van der Waals surface area contributed by atoms with Crippen LogP contribution in [-0.2, 0) is 5.41 Å². The molecule has 18 heavy (non-hydrogen) atoms. The van der Waals surface area contributed by atoms with Crippen molar-refractivity contribution in [3.05, 3.63) is 35.9 Å². The van der Waals surface area contributed by atoms with Gasteiger partial charge in [-0.1, -0.05) is 37.3 Å². The van der Waals surface area contributed by atoms with Gasteiger partial charge in [-0.15, -0.1) is 0 Å². The van der Waals surface area contributed by atoms with Crippen LogP contribution in [0.5, 0.6) is 0 Å². The molecule has 0 bridgehead atoms. The molecule has 1 aliphatic heterocycles. The highest BCUT2D eigenvalue weighted by Gasteiger charge is 2.50. The van der Waals surface area contributed by atoms with Crippen molar-refractivity contribution in [2.24, 2.45) is 5.92 Å². The molecule has 2 heteroatoms. The molecule has 2 nitrogen and oxygen atoms in total. The van der Waals surface area contributed by atoms with Crippen LogP contribution in [-0.4, -0.2) is 25.7 Å². The van der Waals surface area contributed by atoms with E-state index in [1.165, 1.54) is 44.5 Å². The minimum Gasteiger partial charge on any atom is -0.317 e. The largest absolute Gasteiger partial charge is 0.317 e. The van der Waals surface area contributed by atoms with Crippen LogP contribution in [0.1, 0.15) is 31.7 Å². The van der Waals surface area contributed by atoms with Crippen LogP contribution in [0.3, 0.4) is 0 Å². The van der Waals surface area contributed by atoms with Crippen molar-refractivity contribution in [1.29, 1.82) is 0 Å². The molecule has 3 rings (SSSR count).